The fraction of sp³-hybridized carbons (Fsp3) is 0.700. The van der Waals surface area contributed by atoms with Crippen LogP contribution in [0.2, 0.25) is 10.6 Å². The third-order valence-electron chi connectivity index (χ3n) is 3.10. The summed E-state index contributed by atoms with van der Waals surface area (Å²) in [6.45, 7) is 0.838. The quantitative estimate of drug-likeness (QED) is 0.923. The number of thioether (sulfide) groups is 1. The lowest BCUT2D eigenvalue weighted by Gasteiger charge is -2.26. The molecule has 1 aliphatic rings. The average molecular weight is 293 g/mol. The Labute approximate surface area is 115 Å². The normalized spacial score (nSPS) is 18.3. The van der Waals surface area contributed by atoms with Crippen LogP contribution in [0.25, 0.3) is 0 Å². The Balaban J connectivity index is 2.01. The molecule has 0 unspecified atom stereocenters. The zero-order valence-corrected chi connectivity index (χ0v) is 11.9. The summed E-state index contributed by atoms with van der Waals surface area (Å²) in [6.07, 6.45) is 7.20. The first-order chi connectivity index (χ1) is 8.13. The number of hydrogen-bond donors (Lipinski definition) is 1. The summed E-state index contributed by atoms with van der Waals surface area (Å²) in [5.41, 5.74) is 0. The molecule has 1 fully saturated rings. The average Bonchev–Trinajstić information content (AvgIpc) is 2.74. The van der Waals surface area contributed by atoms with Crippen molar-refractivity contribution in [1.82, 2.24) is 15.0 Å². The maximum atomic E-state index is 5.72. The Hall–Kier alpha value is -0.260. The van der Waals surface area contributed by atoms with Crippen LogP contribution in [-0.2, 0) is 0 Å². The first kappa shape index (κ1) is 13.2. The number of anilines is 1. The van der Waals surface area contributed by atoms with Crippen LogP contribution in [0.5, 0.6) is 0 Å². The van der Waals surface area contributed by atoms with E-state index in [1.54, 1.807) is 0 Å². The maximum absolute atomic E-state index is 5.72. The highest BCUT2D eigenvalue weighted by atomic mass is 35.5. The molecule has 7 heteroatoms. The summed E-state index contributed by atoms with van der Waals surface area (Å²) in [6, 6.07) is 0. The molecule has 0 atom stereocenters. The number of rotatable bonds is 4. The molecule has 4 nitrogen and oxygen atoms in total. The van der Waals surface area contributed by atoms with Gasteiger partial charge >= 0.3 is 0 Å². The van der Waals surface area contributed by atoms with Gasteiger partial charge < -0.3 is 5.32 Å². The Kier molecular flexibility index (Phi) is 4.33. The molecular weight excluding hydrogens is 279 g/mol. The van der Waals surface area contributed by atoms with Gasteiger partial charge in [0.2, 0.25) is 16.5 Å². The number of nitrogens with one attached hydrogen (secondary N) is 1. The van der Waals surface area contributed by atoms with Gasteiger partial charge in [0.1, 0.15) is 0 Å². The molecule has 0 amide bonds. The second kappa shape index (κ2) is 5.59. The molecular formula is C10H14Cl2N4S. The highest BCUT2D eigenvalue weighted by Crippen LogP contribution is 2.40. The lowest BCUT2D eigenvalue weighted by atomic mass is 10.1. The van der Waals surface area contributed by atoms with E-state index in [0.717, 1.165) is 6.54 Å². The predicted molar refractivity (Wildman–Crippen MR) is 73.1 cm³/mol. The van der Waals surface area contributed by atoms with Crippen LogP contribution in [0.4, 0.5) is 5.95 Å². The second-order valence-corrected chi connectivity index (χ2v) is 6.10. The van der Waals surface area contributed by atoms with Crippen molar-refractivity contribution in [1.29, 1.82) is 0 Å². The Morgan fingerprint density at radius 2 is 1.76 bits per heavy atom. The van der Waals surface area contributed by atoms with Crippen molar-refractivity contribution in [3.05, 3.63) is 10.6 Å². The van der Waals surface area contributed by atoms with Crippen molar-refractivity contribution in [2.45, 2.75) is 30.4 Å². The lowest BCUT2D eigenvalue weighted by molar-refractivity contribution is 0.636. The minimum absolute atomic E-state index is 0.122. The molecule has 0 saturated heterocycles. The van der Waals surface area contributed by atoms with Gasteiger partial charge in [-0.1, -0.05) is 12.8 Å². The van der Waals surface area contributed by atoms with Crippen molar-refractivity contribution in [3.63, 3.8) is 0 Å². The zero-order valence-electron chi connectivity index (χ0n) is 9.54. The van der Waals surface area contributed by atoms with Gasteiger partial charge in [-0.3, -0.25) is 0 Å². The monoisotopic (exact) mass is 292 g/mol. The van der Waals surface area contributed by atoms with Crippen molar-refractivity contribution in [2.75, 3.05) is 18.1 Å². The van der Waals surface area contributed by atoms with Gasteiger partial charge in [0.15, 0.2) is 0 Å². The highest BCUT2D eigenvalue weighted by Gasteiger charge is 2.32. The van der Waals surface area contributed by atoms with Gasteiger partial charge in [0.25, 0.3) is 0 Å². The van der Waals surface area contributed by atoms with Crippen molar-refractivity contribution < 1.29 is 0 Å². The van der Waals surface area contributed by atoms with E-state index >= 15 is 0 Å². The molecule has 0 bridgehead atoms. The molecule has 0 spiro atoms. The molecule has 1 N–H and O–H groups in total. The van der Waals surface area contributed by atoms with Crippen LogP contribution in [0, 0.1) is 0 Å². The fourth-order valence-corrected chi connectivity index (χ4v) is 3.39. The van der Waals surface area contributed by atoms with E-state index in [4.69, 9.17) is 23.2 Å². The predicted octanol–water partition coefficient (Wildman–Crippen LogP) is 3.27. The van der Waals surface area contributed by atoms with Crippen LogP contribution in [-0.4, -0.2) is 32.5 Å². The molecule has 94 valence electrons. The van der Waals surface area contributed by atoms with Crippen LogP contribution in [0.3, 0.4) is 0 Å². The molecule has 2 rings (SSSR count). The van der Waals surface area contributed by atoms with E-state index < -0.39 is 0 Å². The molecule has 0 radical (unpaired) electrons. The first-order valence-electron chi connectivity index (χ1n) is 5.50. The molecule has 1 aromatic heterocycles. The largest absolute Gasteiger partial charge is 0.353 e. The zero-order chi connectivity index (χ0) is 12.3. The number of nitrogens with zero attached hydrogens (tertiary/aromatic N) is 3. The molecule has 1 saturated carbocycles. The smallest absolute Gasteiger partial charge is 0.228 e. The minimum atomic E-state index is 0.122. The fourth-order valence-electron chi connectivity index (χ4n) is 2.12. The summed E-state index contributed by atoms with van der Waals surface area (Å²) in [5.74, 6) is 0.454. The molecule has 1 aliphatic carbocycles. The summed E-state index contributed by atoms with van der Waals surface area (Å²) in [5, 5.41) is 3.45. The van der Waals surface area contributed by atoms with Crippen LogP contribution < -0.4 is 5.32 Å². The van der Waals surface area contributed by atoms with E-state index in [1.165, 1.54) is 25.7 Å². The van der Waals surface area contributed by atoms with Gasteiger partial charge in [0, 0.05) is 11.3 Å². The maximum Gasteiger partial charge on any atom is 0.228 e. The molecule has 0 aliphatic heterocycles. The molecule has 0 aromatic carbocycles. The Morgan fingerprint density at radius 1 is 1.18 bits per heavy atom. The van der Waals surface area contributed by atoms with Crippen molar-refractivity contribution in [2.24, 2.45) is 0 Å². The van der Waals surface area contributed by atoms with Gasteiger partial charge in [-0.15, -0.1) is 0 Å². The van der Waals surface area contributed by atoms with E-state index in [-0.39, 0.29) is 10.6 Å². The number of aromatic nitrogens is 3. The van der Waals surface area contributed by atoms with E-state index in [1.807, 2.05) is 11.8 Å². The SMILES string of the molecule is CSC1(CNc2nc(Cl)nc(Cl)n2)CCCC1. The van der Waals surface area contributed by atoms with Crippen molar-refractivity contribution >= 4 is 40.9 Å². The number of hydrogen-bond acceptors (Lipinski definition) is 5. The second-order valence-electron chi connectivity index (χ2n) is 4.14. The summed E-state index contributed by atoms with van der Waals surface area (Å²) in [7, 11) is 0. The van der Waals surface area contributed by atoms with Gasteiger partial charge in [-0.2, -0.15) is 26.7 Å². The Morgan fingerprint density at radius 3 is 2.29 bits per heavy atom. The summed E-state index contributed by atoms with van der Waals surface area (Å²) >= 11 is 13.4. The van der Waals surface area contributed by atoms with Gasteiger partial charge in [-0.05, 0) is 42.3 Å². The van der Waals surface area contributed by atoms with E-state index in [2.05, 4.69) is 26.5 Å². The standard InChI is InChI=1S/C10H14Cl2N4S/c1-17-10(4-2-3-5-10)6-13-9-15-7(11)14-8(12)16-9/h2-6H2,1H3,(H,13,14,15,16). The topological polar surface area (TPSA) is 50.7 Å². The van der Waals surface area contributed by atoms with Crippen LogP contribution in [0.1, 0.15) is 25.7 Å². The number of halogens is 2. The molecule has 17 heavy (non-hydrogen) atoms. The van der Waals surface area contributed by atoms with Crippen LogP contribution >= 0.6 is 35.0 Å². The highest BCUT2D eigenvalue weighted by molar-refractivity contribution is 8.00. The van der Waals surface area contributed by atoms with Crippen molar-refractivity contribution in [3.8, 4) is 0 Å². The summed E-state index contributed by atoms with van der Waals surface area (Å²) < 4.78 is 0.297. The molecule has 1 heterocycles. The third-order valence-corrected chi connectivity index (χ3v) is 4.85. The molecule has 1 aromatic rings. The third kappa shape index (κ3) is 3.36. The summed E-state index contributed by atoms with van der Waals surface area (Å²) in [4.78, 5) is 11.7. The Bertz CT molecular complexity index is 376. The van der Waals surface area contributed by atoms with Crippen LogP contribution in [0.15, 0.2) is 0 Å². The van der Waals surface area contributed by atoms with E-state index in [0.29, 0.717) is 10.7 Å². The van der Waals surface area contributed by atoms with E-state index in [9.17, 15) is 0 Å². The first-order valence-corrected chi connectivity index (χ1v) is 7.48. The van der Waals surface area contributed by atoms with Gasteiger partial charge in [0.05, 0.1) is 0 Å². The van der Waals surface area contributed by atoms with Gasteiger partial charge in [-0.25, -0.2) is 0 Å². The minimum Gasteiger partial charge on any atom is -0.353 e. The lowest BCUT2D eigenvalue weighted by Crippen LogP contribution is -2.30.